The Morgan fingerprint density at radius 3 is 3.25 bits per heavy atom. The van der Waals surface area contributed by atoms with Crippen LogP contribution in [0.4, 0.5) is 10.5 Å². The molecule has 1 aliphatic rings. The van der Waals surface area contributed by atoms with Crippen LogP contribution in [-0.2, 0) is 13.0 Å². The standard InChI is InChI=1S/C14H16N4OS/c1-20-11-4-2-3-10(7-11)17-14(19)18-6-5-12-13(8-18)16-9-15-12/h2-4,7,9H,5-6,8H2,1H3,(H,15,16)(H,17,19). The average molecular weight is 288 g/mol. The van der Waals surface area contributed by atoms with E-state index in [0.717, 1.165) is 28.4 Å². The van der Waals surface area contributed by atoms with Gasteiger partial charge in [0, 0.05) is 23.5 Å². The van der Waals surface area contributed by atoms with Gasteiger partial charge in [-0.05, 0) is 24.5 Å². The molecule has 104 valence electrons. The second kappa shape index (κ2) is 5.58. The molecule has 3 rings (SSSR count). The van der Waals surface area contributed by atoms with Crippen molar-refractivity contribution < 1.29 is 4.79 Å². The van der Waals surface area contributed by atoms with Gasteiger partial charge in [-0.3, -0.25) is 0 Å². The first kappa shape index (κ1) is 13.1. The van der Waals surface area contributed by atoms with Gasteiger partial charge in [0.15, 0.2) is 0 Å². The van der Waals surface area contributed by atoms with Gasteiger partial charge in [0.05, 0.1) is 24.3 Å². The average Bonchev–Trinajstić information content (AvgIpc) is 2.94. The molecule has 0 bridgehead atoms. The molecule has 1 aliphatic heterocycles. The van der Waals surface area contributed by atoms with Crippen LogP contribution in [0, 0.1) is 0 Å². The predicted octanol–water partition coefficient (Wildman–Crippen LogP) is 2.72. The SMILES string of the molecule is CSc1cccc(NC(=O)N2CCc3nc[nH]c3C2)c1. The predicted molar refractivity (Wildman–Crippen MR) is 79.9 cm³/mol. The minimum absolute atomic E-state index is 0.0662. The van der Waals surface area contributed by atoms with E-state index in [0.29, 0.717) is 13.1 Å². The fraction of sp³-hybridized carbons (Fsp3) is 0.286. The molecule has 0 aliphatic carbocycles. The van der Waals surface area contributed by atoms with Crippen molar-refractivity contribution in [3.8, 4) is 0 Å². The van der Waals surface area contributed by atoms with Crippen molar-refractivity contribution in [2.45, 2.75) is 17.9 Å². The quantitative estimate of drug-likeness (QED) is 0.835. The zero-order chi connectivity index (χ0) is 13.9. The number of hydrogen-bond acceptors (Lipinski definition) is 3. The van der Waals surface area contributed by atoms with Crippen molar-refractivity contribution in [1.82, 2.24) is 14.9 Å². The number of nitrogens with zero attached hydrogens (tertiary/aromatic N) is 2. The molecule has 20 heavy (non-hydrogen) atoms. The molecule has 0 atom stereocenters. The van der Waals surface area contributed by atoms with Crippen molar-refractivity contribution >= 4 is 23.5 Å². The zero-order valence-electron chi connectivity index (χ0n) is 11.2. The summed E-state index contributed by atoms with van der Waals surface area (Å²) in [5, 5.41) is 2.95. The Bertz CT molecular complexity index is 625. The van der Waals surface area contributed by atoms with E-state index >= 15 is 0 Å². The van der Waals surface area contributed by atoms with E-state index in [-0.39, 0.29) is 6.03 Å². The van der Waals surface area contributed by atoms with Crippen LogP contribution in [-0.4, -0.2) is 33.7 Å². The van der Waals surface area contributed by atoms with Crippen LogP contribution in [0.2, 0.25) is 0 Å². The molecule has 5 nitrogen and oxygen atoms in total. The molecule has 2 heterocycles. The number of benzene rings is 1. The monoisotopic (exact) mass is 288 g/mol. The lowest BCUT2D eigenvalue weighted by Crippen LogP contribution is -2.38. The van der Waals surface area contributed by atoms with E-state index in [2.05, 4.69) is 15.3 Å². The fourth-order valence-corrected chi connectivity index (χ4v) is 2.75. The maximum Gasteiger partial charge on any atom is 0.322 e. The normalized spacial score (nSPS) is 13.9. The number of urea groups is 1. The van der Waals surface area contributed by atoms with Crippen molar-refractivity contribution in [1.29, 1.82) is 0 Å². The number of aromatic nitrogens is 2. The lowest BCUT2D eigenvalue weighted by molar-refractivity contribution is 0.205. The van der Waals surface area contributed by atoms with Crippen LogP contribution >= 0.6 is 11.8 Å². The molecule has 2 aromatic rings. The highest BCUT2D eigenvalue weighted by atomic mass is 32.2. The summed E-state index contributed by atoms with van der Waals surface area (Å²) in [5.41, 5.74) is 2.93. The minimum Gasteiger partial charge on any atom is -0.347 e. The van der Waals surface area contributed by atoms with Crippen LogP contribution in [0.25, 0.3) is 0 Å². The second-order valence-corrected chi connectivity index (χ2v) is 5.54. The number of H-pyrrole nitrogens is 1. The number of nitrogens with one attached hydrogen (secondary N) is 2. The van der Waals surface area contributed by atoms with Crippen LogP contribution in [0.5, 0.6) is 0 Å². The Morgan fingerprint density at radius 1 is 1.50 bits per heavy atom. The van der Waals surface area contributed by atoms with Crippen LogP contribution in [0.15, 0.2) is 35.5 Å². The van der Waals surface area contributed by atoms with E-state index in [1.165, 1.54) is 0 Å². The molecule has 0 saturated carbocycles. The van der Waals surface area contributed by atoms with E-state index < -0.39 is 0 Å². The number of imidazole rings is 1. The third-order valence-corrected chi connectivity index (χ3v) is 4.11. The van der Waals surface area contributed by atoms with Gasteiger partial charge in [-0.2, -0.15) is 0 Å². The third kappa shape index (κ3) is 2.65. The van der Waals surface area contributed by atoms with Crippen molar-refractivity contribution in [3.63, 3.8) is 0 Å². The molecule has 1 aromatic heterocycles. The number of rotatable bonds is 2. The summed E-state index contributed by atoms with van der Waals surface area (Å²) < 4.78 is 0. The molecule has 0 fully saturated rings. The number of aromatic amines is 1. The zero-order valence-corrected chi connectivity index (χ0v) is 12.0. The number of fused-ring (bicyclic) bond motifs is 1. The molecule has 0 saturated heterocycles. The van der Waals surface area contributed by atoms with Gasteiger partial charge in [0.2, 0.25) is 0 Å². The molecule has 0 radical (unpaired) electrons. The van der Waals surface area contributed by atoms with E-state index in [1.54, 1.807) is 23.0 Å². The van der Waals surface area contributed by atoms with E-state index in [4.69, 9.17) is 0 Å². The van der Waals surface area contributed by atoms with Gasteiger partial charge in [-0.15, -0.1) is 11.8 Å². The lowest BCUT2D eigenvalue weighted by Gasteiger charge is -2.26. The van der Waals surface area contributed by atoms with Crippen LogP contribution < -0.4 is 5.32 Å². The topological polar surface area (TPSA) is 61.0 Å². The molecule has 6 heteroatoms. The molecule has 0 spiro atoms. The highest BCUT2D eigenvalue weighted by Crippen LogP contribution is 2.20. The summed E-state index contributed by atoms with van der Waals surface area (Å²) in [6.07, 6.45) is 4.51. The van der Waals surface area contributed by atoms with E-state index in [1.807, 2.05) is 30.5 Å². The Morgan fingerprint density at radius 2 is 2.40 bits per heavy atom. The number of hydrogen-bond donors (Lipinski definition) is 2. The van der Waals surface area contributed by atoms with Gasteiger partial charge < -0.3 is 15.2 Å². The van der Waals surface area contributed by atoms with Gasteiger partial charge in [-0.25, -0.2) is 9.78 Å². The molecule has 1 aromatic carbocycles. The third-order valence-electron chi connectivity index (χ3n) is 3.38. The first-order valence-electron chi connectivity index (χ1n) is 6.47. The molecule has 0 unspecified atom stereocenters. The Labute approximate surface area is 121 Å². The maximum absolute atomic E-state index is 12.3. The Kier molecular flexibility index (Phi) is 3.64. The number of carbonyl (C=O) groups is 1. The summed E-state index contributed by atoms with van der Waals surface area (Å²) in [7, 11) is 0. The largest absolute Gasteiger partial charge is 0.347 e. The summed E-state index contributed by atoms with van der Waals surface area (Å²) >= 11 is 1.66. The Hall–Kier alpha value is -1.95. The number of carbonyl (C=O) groups excluding carboxylic acids is 1. The highest BCUT2D eigenvalue weighted by molar-refractivity contribution is 7.98. The number of thioether (sulfide) groups is 1. The molecule has 2 N–H and O–H groups in total. The number of amides is 2. The van der Waals surface area contributed by atoms with Gasteiger partial charge >= 0.3 is 6.03 Å². The first-order valence-corrected chi connectivity index (χ1v) is 7.70. The first-order chi connectivity index (χ1) is 9.76. The fourth-order valence-electron chi connectivity index (χ4n) is 2.29. The van der Waals surface area contributed by atoms with Gasteiger partial charge in [0.1, 0.15) is 0 Å². The molecular weight excluding hydrogens is 272 g/mol. The van der Waals surface area contributed by atoms with Gasteiger partial charge in [-0.1, -0.05) is 6.07 Å². The van der Waals surface area contributed by atoms with Crippen molar-refractivity contribution in [2.24, 2.45) is 0 Å². The second-order valence-electron chi connectivity index (χ2n) is 4.66. The number of anilines is 1. The highest BCUT2D eigenvalue weighted by Gasteiger charge is 2.22. The summed E-state index contributed by atoms with van der Waals surface area (Å²) in [6.45, 7) is 1.29. The molecular formula is C14H16N4OS. The van der Waals surface area contributed by atoms with Crippen LogP contribution in [0.3, 0.4) is 0 Å². The van der Waals surface area contributed by atoms with Gasteiger partial charge in [0.25, 0.3) is 0 Å². The maximum atomic E-state index is 12.3. The Balaban J connectivity index is 1.68. The lowest BCUT2D eigenvalue weighted by atomic mass is 10.1. The summed E-state index contributed by atoms with van der Waals surface area (Å²) in [5.74, 6) is 0. The summed E-state index contributed by atoms with van der Waals surface area (Å²) in [4.78, 5) is 22.5. The van der Waals surface area contributed by atoms with Crippen molar-refractivity contribution in [2.75, 3.05) is 18.1 Å². The smallest absolute Gasteiger partial charge is 0.322 e. The van der Waals surface area contributed by atoms with E-state index in [9.17, 15) is 4.79 Å². The van der Waals surface area contributed by atoms with Crippen molar-refractivity contribution in [3.05, 3.63) is 42.0 Å². The van der Waals surface area contributed by atoms with Crippen LogP contribution in [0.1, 0.15) is 11.4 Å². The summed E-state index contributed by atoms with van der Waals surface area (Å²) in [6, 6.07) is 7.79. The minimum atomic E-state index is -0.0662. The molecule has 2 amide bonds.